The van der Waals surface area contributed by atoms with Crippen molar-refractivity contribution in [3.63, 3.8) is 0 Å². The maximum absolute atomic E-state index is 10.8. The van der Waals surface area contributed by atoms with E-state index in [1.54, 1.807) is 18.2 Å². The summed E-state index contributed by atoms with van der Waals surface area (Å²) in [6.45, 7) is 0. The number of nitrogens with one attached hydrogen (secondary N) is 2. The largest absolute Gasteiger partial charge is 0.323 e. The summed E-state index contributed by atoms with van der Waals surface area (Å²) in [6.07, 6.45) is 0. The Morgan fingerprint density at radius 1 is 1.25 bits per heavy atom. The second-order valence-corrected chi connectivity index (χ2v) is 2.44. The van der Waals surface area contributed by atoms with Crippen LogP contribution in [0.1, 0.15) is 0 Å². The third kappa shape index (κ3) is 0.914. The van der Waals surface area contributed by atoms with Crippen LogP contribution in [-0.4, -0.2) is 9.97 Å². The lowest BCUT2D eigenvalue weighted by atomic mass is 10.3. The number of hydrogen-bond acceptors (Lipinski definition) is 2. The van der Waals surface area contributed by atoms with Gasteiger partial charge in [-0.15, -0.1) is 0 Å². The van der Waals surface area contributed by atoms with Crippen LogP contribution in [0.25, 0.3) is 11.0 Å². The van der Waals surface area contributed by atoms with Crippen LogP contribution < -0.4 is 11.2 Å². The van der Waals surface area contributed by atoms with Gasteiger partial charge >= 0.3 is 5.69 Å². The molecule has 0 aliphatic heterocycles. The molecule has 1 aromatic heterocycles. The van der Waals surface area contributed by atoms with Crippen LogP contribution in [0.15, 0.2) is 28.1 Å². The van der Waals surface area contributed by atoms with Gasteiger partial charge in [-0.05, 0) is 23.3 Å². The molecule has 60 valence electrons. The van der Waals surface area contributed by atoms with E-state index < -0.39 is 0 Å². The first kappa shape index (κ1) is 6.78. The molecule has 0 atom stereocenters. The fourth-order valence-electron chi connectivity index (χ4n) is 1.10. The van der Waals surface area contributed by atoms with Crippen LogP contribution in [0.5, 0.6) is 0 Å². The minimum atomic E-state index is -0.223. The van der Waals surface area contributed by atoms with Crippen LogP contribution in [0.4, 0.5) is 5.69 Å². The molecule has 2 rings (SSSR count). The predicted octanol–water partition coefficient (Wildman–Crippen LogP) is -0.301. The van der Waals surface area contributed by atoms with Crippen molar-refractivity contribution in [2.75, 3.05) is 0 Å². The second kappa shape index (κ2) is 2.30. The van der Waals surface area contributed by atoms with Crippen LogP contribution >= 0.6 is 0 Å². The standard InChI is InChI=1S/C7H6N4O/c8-11-4-1-2-5-6(3-4)10-7(12)9-5/h1-3,8H,(H2,9,10,12)/p+1. The monoisotopic (exact) mass is 163 g/mol. The minimum Gasteiger partial charge on any atom is -0.306 e. The summed E-state index contributed by atoms with van der Waals surface area (Å²) in [5, 5.41) is 3.49. The van der Waals surface area contributed by atoms with E-state index in [4.69, 9.17) is 5.53 Å². The lowest BCUT2D eigenvalue weighted by Gasteiger charge is -1.87. The average molecular weight is 163 g/mol. The Hall–Kier alpha value is -1.91. The number of imidazole rings is 1. The summed E-state index contributed by atoms with van der Waals surface area (Å²) in [4.78, 5) is 16.0. The van der Waals surface area contributed by atoms with E-state index in [9.17, 15) is 4.79 Å². The summed E-state index contributed by atoms with van der Waals surface area (Å²) in [5.41, 5.74) is 6.96. The molecule has 0 bridgehead atoms. The van der Waals surface area contributed by atoms with Gasteiger partial charge in [0.25, 0.3) is 0 Å². The Kier molecular flexibility index (Phi) is 1.30. The number of benzene rings is 1. The van der Waals surface area contributed by atoms with Crippen LogP contribution in [0, 0.1) is 0 Å². The highest BCUT2D eigenvalue weighted by molar-refractivity contribution is 5.77. The Labute approximate surface area is 66.9 Å². The van der Waals surface area contributed by atoms with E-state index in [-0.39, 0.29) is 5.69 Å². The first-order valence-electron chi connectivity index (χ1n) is 3.42. The summed E-state index contributed by atoms with van der Waals surface area (Å²) < 4.78 is 0. The maximum atomic E-state index is 10.8. The molecule has 12 heavy (non-hydrogen) atoms. The van der Waals surface area contributed by atoms with Crippen LogP contribution in [0.3, 0.4) is 0 Å². The van der Waals surface area contributed by atoms with Crippen molar-refractivity contribution >= 4 is 16.7 Å². The number of nitrogens with zero attached hydrogens (tertiary/aromatic N) is 1. The van der Waals surface area contributed by atoms with Crippen LogP contribution in [-0.2, 0) is 0 Å². The summed E-state index contributed by atoms with van der Waals surface area (Å²) in [5.74, 6) is 0. The van der Waals surface area contributed by atoms with Crippen molar-refractivity contribution < 1.29 is 5.53 Å². The zero-order valence-electron chi connectivity index (χ0n) is 6.16. The van der Waals surface area contributed by atoms with Gasteiger partial charge in [-0.3, -0.25) is 0 Å². The minimum absolute atomic E-state index is 0.223. The van der Waals surface area contributed by atoms with Gasteiger partial charge in [0.1, 0.15) is 5.69 Å². The highest BCUT2D eigenvalue weighted by atomic mass is 16.1. The molecular formula is C7H7N4O+. The maximum Gasteiger partial charge on any atom is 0.323 e. The molecule has 4 N–H and O–H groups in total. The molecule has 0 fully saturated rings. The SMILES string of the molecule is [NH2+]=Nc1ccc2[nH]c(=O)[nH]c2c1. The normalized spacial score (nSPS) is 10.3. The van der Waals surface area contributed by atoms with Crippen molar-refractivity contribution in [2.24, 2.45) is 5.11 Å². The summed E-state index contributed by atoms with van der Waals surface area (Å²) >= 11 is 0. The molecule has 5 heteroatoms. The topological polar surface area (TPSA) is 86.6 Å². The Morgan fingerprint density at radius 3 is 2.75 bits per heavy atom. The fraction of sp³-hybridized carbons (Fsp3) is 0. The van der Waals surface area contributed by atoms with E-state index in [0.717, 1.165) is 5.52 Å². The number of aromatic amines is 2. The lowest BCUT2D eigenvalue weighted by Crippen LogP contribution is -2.21. The molecule has 5 nitrogen and oxygen atoms in total. The van der Waals surface area contributed by atoms with Gasteiger partial charge in [0.05, 0.1) is 11.0 Å². The molecule has 0 aliphatic carbocycles. The van der Waals surface area contributed by atoms with E-state index in [1.165, 1.54) is 0 Å². The van der Waals surface area contributed by atoms with Gasteiger partial charge < -0.3 is 9.97 Å². The highest BCUT2D eigenvalue weighted by Crippen LogP contribution is 2.15. The van der Waals surface area contributed by atoms with Gasteiger partial charge in [-0.1, -0.05) is 0 Å². The fourth-order valence-corrected chi connectivity index (χ4v) is 1.10. The third-order valence-electron chi connectivity index (χ3n) is 1.65. The number of nitrogens with two attached hydrogens (primary N) is 1. The van der Waals surface area contributed by atoms with Crippen molar-refractivity contribution in [1.29, 1.82) is 0 Å². The van der Waals surface area contributed by atoms with Gasteiger partial charge in [0.15, 0.2) is 0 Å². The van der Waals surface area contributed by atoms with Crippen molar-refractivity contribution in [3.8, 4) is 0 Å². The molecule has 2 aromatic rings. The number of fused-ring (bicyclic) bond motifs is 1. The zero-order valence-corrected chi connectivity index (χ0v) is 6.16. The number of hydrogen-bond donors (Lipinski definition) is 3. The van der Waals surface area contributed by atoms with Gasteiger partial charge in [0, 0.05) is 0 Å². The molecule has 1 aromatic carbocycles. The van der Waals surface area contributed by atoms with Gasteiger partial charge in [-0.25, -0.2) is 4.79 Å². The molecule has 1 heterocycles. The zero-order chi connectivity index (χ0) is 8.55. The number of H-pyrrole nitrogens is 2. The number of rotatable bonds is 1. The molecular weight excluding hydrogens is 156 g/mol. The quantitative estimate of drug-likeness (QED) is 0.495. The molecule has 0 unspecified atom stereocenters. The average Bonchev–Trinajstić information content (AvgIpc) is 2.43. The van der Waals surface area contributed by atoms with Crippen molar-refractivity contribution in [3.05, 3.63) is 28.7 Å². The Balaban J connectivity index is 2.82. The molecule has 0 saturated heterocycles. The van der Waals surface area contributed by atoms with Crippen molar-refractivity contribution in [1.82, 2.24) is 9.97 Å². The van der Waals surface area contributed by atoms with Gasteiger partial charge in [0.2, 0.25) is 0 Å². The number of aromatic nitrogens is 2. The second-order valence-electron chi connectivity index (χ2n) is 2.44. The van der Waals surface area contributed by atoms with E-state index in [0.29, 0.717) is 11.2 Å². The van der Waals surface area contributed by atoms with E-state index >= 15 is 0 Å². The molecule has 0 spiro atoms. The highest BCUT2D eigenvalue weighted by Gasteiger charge is 1.98. The van der Waals surface area contributed by atoms with Crippen molar-refractivity contribution in [2.45, 2.75) is 0 Å². The first-order valence-corrected chi connectivity index (χ1v) is 3.42. The van der Waals surface area contributed by atoms with E-state index in [2.05, 4.69) is 15.1 Å². The molecule has 0 saturated carbocycles. The predicted molar refractivity (Wildman–Crippen MR) is 42.9 cm³/mol. The summed E-state index contributed by atoms with van der Waals surface area (Å²) in [6, 6.07) is 5.18. The van der Waals surface area contributed by atoms with Gasteiger partial charge in [-0.2, -0.15) is 5.53 Å². The van der Waals surface area contributed by atoms with E-state index in [1.807, 2.05) is 0 Å². The summed E-state index contributed by atoms with van der Waals surface area (Å²) in [7, 11) is 0. The third-order valence-corrected chi connectivity index (χ3v) is 1.65. The van der Waals surface area contributed by atoms with Crippen LogP contribution in [0.2, 0.25) is 0 Å². The smallest absolute Gasteiger partial charge is 0.306 e. The first-order chi connectivity index (χ1) is 5.79. The Morgan fingerprint density at radius 2 is 2.00 bits per heavy atom. The molecule has 0 aliphatic rings. The molecule has 0 radical (unpaired) electrons. The Bertz CT molecular complexity index is 481. The molecule has 0 amide bonds. The lowest BCUT2D eigenvalue weighted by molar-refractivity contribution is -0.210.